The summed E-state index contributed by atoms with van der Waals surface area (Å²) >= 11 is 3.48. The first-order valence-electron chi connectivity index (χ1n) is 8.22. The topological polar surface area (TPSA) is 54.6 Å². The van der Waals surface area contributed by atoms with E-state index in [1.54, 1.807) is 19.3 Å². The van der Waals surface area contributed by atoms with Gasteiger partial charge in [-0.2, -0.15) is 0 Å². The van der Waals surface area contributed by atoms with Gasteiger partial charge in [-0.25, -0.2) is 0 Å². The van der Waals surface area contributed by atoms with Gasteiger partial charge in [-0.3, -0.25) is 4.79 Å². The monoisotopic (exact) mass is 388 g/mol. The van der Waals surface area contributed by atoms with Crippen molar-refractivity contribution in [3.63, 3.8) is 0 Å². The number of benzene rings is 1. The minimum Gasteiger partial charge on any atom is -0.411 e. The van der Waals surface area contributed by atoms with Gasteiger partial charge >= 0.3 is 0 Å². The molecule has 1 aromatic carbocycles. The fourth-order valence-electron chi connectivity index (χ4n) is 3.30. The molecule has 1 aliphatic rings. The predicted molar refractivity (Wildman–Crippen MR) is 98.8 cm³/mol. The number of oxime groups is 1. The van der Waals surface area contributed by atoms with Crippen LogP contribution >= 0.6 is 15.9 Å². The Morgan fingerprint density at radius 2 is 2.00 bits per heavy atom. The van der Waals surface area contributed by atoms with Crippen molar-refractivity contribution in [1.29, 1.82) is 0 Å². The summed E-state index contributed by atoms with van der Waals surface area (Å²) < 4.78 is 2.58. The molecule has 2 aromatic rings. The van der Waals surface area contributed by atoms with Gasteiger partial charge in [-0.05, 0) is 48.4 Å². The Bertz CT molecular complexity index is 792. The zero-order valence-electron chi connectivity index (χ0n) is 13.7. The number of aromatic nitrogens is 1. The van der Waals surface area contributed by atoms with Crippen molar-refractivity contribution in [2.45, 2.75) is 31.6 Å². The summed E-state index contributed by atoms with van der Waals surface area (Å²) in [6, 6.07) is 11.6. The third kappa shape index (κ3) is 3.61. The van der Waals surface area contributed by atoms with Crippen LogP contribution in [0.4, 0.5) is 0 Å². The molecular weight excluding hydrogens is 368 g/mol. The van der Waals surface area contributed by atoms with E-state index < -0.39 is 0 Å². The first-order valence-corrected chi connectivity index (χ1v) is 9.01. The highest BCUT2D eigenvalue weighted by atomic mass is 79.9. The van der Waals surface area contributed by atoms with E-state index in [0.29, 0.717) is 24.0 Å². The summed E-state index contributed by atoms with van der Waals surface area (Å²) in [5.74, 6) is 0.949. The van der Waals surface area contributed by atoms with Gasteiger partial charge < -0.3 is 9.77 Å². The Morgan fingerprint density at radius 3 is 2.54 bits per heavy atom. The second-order valence-corrected chi connectivity index (χ2v) is 7.38. The third-order valence-corrected chi connectivity index (χ3v) is 5.50. The molecule has 0 saturated heterocycles. The summed E-state index contributed by atoms with van der Waals surface area (Å²) in [4.78, 5) is 11.6. The van der Waals surface area contributed by atoms with E-state index in [2.05, 4.69) is 45.4 Å². The van der Waals surface area contributed by atoms with Crippen LogP contribution in [-0.4, -0.2) is 15.5 Å². The fourth-order valence-corrected chi connectivity index (χ4v) is 3.56. The van der Waals surface area contributed by atoms with E-state index in [1.165, 1.54) is 35.5 Å². The second-order valence-electron chi connectivity index (χ2n) is 6.47. The van der Waals surface area contributed by atoms with Crippen molar-refractivity contribution in [3.8, 4) is 0 Å². The molecule has 4 nitrogen and oxygen atoms in total. The molecule has 24 heavy (non-hydrogen) atoms. The van der Waals surface area contributed by atoms with Crippen molar-refractivity contribution < 1.29 is 5.21 Å². The minimum absolute atomic E-state index is 0.0699. The molecule has 0 amide bonds. The summed E-state index contributed by atoms with van der Waals surface area (Å²) in [6.07, 6.45) is 6.10. The standard InChI is InChI=1S/C19H21BrN2O2/c1-22-12-15(7-10-19(22)23)18(21-24)11-17(13-3-2-4-13)14-5-8-16(20)9-6-14/h5-10,12-13,17,24H,2-4,11H2,1H3. The summed E-state index contributed by atoms with van der Waals surface area (Å²) in [5, 5.41) is 13.1. The van der Waals surface area contributed by atoms with E-state index in [0.717, 1.165) is 10.0 Å². The van der Waals surface area contributed by atoms with Crippen molar-refractivity contribution >= 4 is 21.6 Å². The van der Waals surface area contributed by atoms with E-state index in [-0.39, 0.29) is 5.56 Å². The Morgan fingerprint density at radius 1 is 1.29 bits per heavy atom. The van der Waals surface area contributed by atoms with Crippen LogP contribution in [0.2, 0.25) is 0 Å². The van der Waals surface area contributed by atoms with E-state index in [9.17, 15) is 10.0 Å². The first-order chi connectivity index (χ1) is 11.6. The van der Waals surface area contributed by atoms with Crippen LogP contribution in [0.1, 0.15) is 42.7 Å². The lowest BCUT2D eigenvalue weighted by atomic mass is 9.71. The zero-order chi connectivity index (χ0) is 17.1. The molecule has 5 heteroatoms. The van der Waals surface area contributed by atoms with Gasteiger partial charge in [0.25, 0.3) is 0 Å². The molecule has 0 spiro atoms. The van der Waals surface area contributed by atoms with Crippen molar-refractivity contribution in [2.24, 2.45) is 18.1 Å². The molecule has 0 radical (unpaired) electrons. The van der Waals surface area contributed by atoms with Crippen LogP contribution in [0, 0.1) is 5.92 Å². The fraction of sp³-hybridized carbons (Fsp3) is 0.368. The number of hydrogen-bond acceptors (Lipinski definition) is 3. The number of rotatable bonds is 5. The molecule has 1 atom stereocenters. The maximum atomic E-state index is 11.6. The number of halogens is 1. The number of nitrogens with zero attached hydrogens (tertiary/aromatic N) is 2. The maximum absolute atomic E-state index is 11.6. The average molecular weight is 389 g/mol. The highest BCUT2D eigenvalue weighted by Gasteiger charge is 2.30. The quantitative estimate of drug-likeness (QED) is 0.471. The number of hydrogen-bond donors (Lipinski definition) is 1. The van der Waals surface area contributed by atoms with Gasteiger partial charge in [0.05, 0.1) is 5.71 Å². The Hall–Kier alpha value is -1.88. The van der Waals surface area contributed by atoms with Crippen LogP contribution < -0.4 is 5.56 Å². The normalized spacial score (nSPS) is 16.7. The third-order valence-electron chi connectivity index (χ3n) is 4.97. The lowest BCUT2D eigenvalue weighted by Crippen LogP contribution is -2.24. The van der Waals surface area contributed by atoms with E-state index >= 15 is 0 Å². The maximum Gasteiger partial charge on any atom is 0.250 e. The highest BCUT2D eigenvalue weighted by Crippen LogP contribution is 2.42. The van der Waals surface area contributed by atoms with Gasteiger partial charge in [0.15, 0.2) is 0 Å². The second kappa shape index (κ2) is 7.34. The number of pyridine rings is 1. The molecule has 1 fully saturated rings. The first kappa shape index (κ1) is 17.0. The average Bonchev–Trinajstić information content (AvgIpc) is 2.53. The van der Waals surface area contributed by atoms with Crippen LogP contribution in [0.3, 0.4) is 0 Å². The summed E-state index contributed by atoms with van der Waals surface area (Å²) in [5.41, 5.74) is 2.62. The Labute approximate surface area is 150 Å². The van der Waals surface area contributed by atoms with Gasteiger partial charge in [-0.1, -0.05) is 39.6 Å². The van der Waals surface area contributed by atoms with Crippen LogP contribution in [0.25, 0.3) is 0 Å². The summed E-state index contributed by atoms with van der Waals surface area (Å²) in [7, 11) is 1.71. The number of aryl methyl sites for hydroxylation is 1. The van der Waals surface area contributed by atoms with Gasteiger partial charge in [0.2, 0.25) is 5.56 Å². The molecule has 1 aromatic heterocycles. The van der Waals surface area contributed by atoms with Crippen LogP contribution in [0.5, 0.6) is 0 Å². The minimum atomic E-state index is -0.0699. The molecule has 126 valence electrons. The van der Waals surface area contributed by atoms with Crippen molar-refractivity contribution in [2.75, 3.05) is 0 Å². The molecular formula is C19H21BrN2O2. The SMILES string of the molecule is Cn1cc(C(CC(c2ccc(Br)cc2)C2CCC2)=NO)ccc1=O. The smallest absolute Gasteiger partial charge is 0.250 e. The summed E-state index contributed by atoms with van der Waals surface area (Å²) in [6.45, 7) is 0. The van der Waals surface area contributed by atoms with E-state index in [1.807, 2.05) is 0 Å². The van der Waals surface area contributed by atoms with Crippen molar-refractivity contribution in [1.82, 2.24) is 4.57 Å². The Kier molecular flexibility index (Phi) is 5.19. The van der Waals surface area contributed by atoms with Crippen molar-refractivity contribution in [3.05, 3.63) is 68.5 Å². The van der Waals surface area contributed by atoms with Gasteiger partial charge in [0, 0.05) is 35.8 Å². The lowest BCUT2D eigenvalue weighted by molar-refractivity contribution is 0.261. The molecule has 0 bridgehead atoms. The van der Waals surface area contributed by atoms with Gasteiger partial charge in [0.1, 0.15) is 0 Å². The molecule has 1 aliphatic carbocycles. The zero-order valence-corrected chi connectivity index (χ0v) is 15.2. The molecule has 1 unspecified atom stereocenters. The van der Waals surface area contributed by atoms with Crippen LogP contribution in [-0.2, 0) is 7.05 Å². The molecule has 1 N–H and O–H groups in total. The Balaban J connectivity index is 1.89. The van der Waals surface area contributed by atoms with Gasteiger partial charge in [-0.15, -0.1) is 0 Å². The van der Waals surface area contributed by atoms with E-state index in [4.69, 9.17) is 0 Å². The van der Waals surface area contributed by atoms with Crippen LogP contribution in [0.15, 0.2) is 57.0 Å². The lowest BCUT2D eigenvalue weighted by Gasteiger charge is -2.34. The highest BCUT2D eigenvalue weighted by molar-refractivity contribution is 9.10. The molecule has 1 saturated carbocycles. The molecule has 0 aliphatic heterocycles. The molecule has 1 heterocycles. The largest absolute Gasteiger partial charge is 0.411 e. The predicted octanol–water partition coefficient (Wildman–Crippen LogP) is 4.30. The molecule has 3 rings (SSSR count).